The van der Waals surface area contributed by atoms with Crippen LogP contribution in [0.25, 0.3) is 17.0 Å². The molecule has 0 saturated carbocycles. The van der Waals surface area contributed by atoms with Gasteiger partial charge in [-0.05, 0) is 72.2 Å². The van der Waals surface area contributed by atoms with E-state index in [1.165, 1.54) is 44.9 Å². The van der Waals surface area contributed by atoms with Crippen LogP contribution in [-0.2, 0) is 24.2 Å². The molecule has 4 N–H and O–H groups in total. The van der Waals surface area contributed by atoms with E-state index in [1.807, 2.05) is 6.20 Å². The Balaban J connectivity index is 1.39. The highest BCUT2D eigenvalue weighted by Crippen LogP contribution is 2.37. The molecule has 0 aliphatic heterocycles. The topological polar surface area (TPSA) is 84.2 Å². The maximum Gasteiger partial charge on any atom is 0.267 e. The molecule has 0 spiro atoms. The van der Waals surface area contributed by atoms with Crippen molar-refractivity contribution in [3.8, 4) is 0 Å². The molecular formula is C28H30N4O2. The summed E-state index contributed by atoms with van der Waals surface area (Å²) in [4.78, 5) is 20.7. The summed E-state index contributed by atoms with van der Waals surface area (Å²) in [6, 6.07) is 17.4. The fourth-order valence-corrected chi connectivity index (χ4v) is 5.13. The number of nitrogens with one attached hydrogen (secondary N) is 3. The highest BCUT2D eigenvalue weighted by atomic mass is 16.5. The van der Waals surface area contributed by atoms with E-state index in [1.54, 1.807) is 11.6 Å². The van der Waals surface area contributed by atoms with Gasteiger partial charge in [0.2, 0.25) is 0 Å². The first kappa shape index (κ1) is 22.2. The van der Waals surface area contributed by atoms with Crippen LogP contribution in [0, 0.1) is 6.92 Å². The van der Waals surface area contributed by atoms with E-state index in [0.717, 1.165) is 37.9 Å². The van der Waals surface area contributed by atoms with E-state index in [4.69, 9.17) is 5.21 Å². The minimum atomic E-state index is -0.524. The number of nitrogens with zero attached hydrogens (tertiary/aromatic N) is 1. The lowest BCUT2D eigenvalue weighted by Gasteiger charge is -2.30. The second-order valence-electron chi connectivity index (χ2n) is 9.03. The van der Waals surface area contributed by atoms with Crippen LogP contribution in [0.5, 0.6) is 0 Å². The van der Waals surface area contributed by atoms with E-state index in [0.29, 0.717) is 6.04 Å². The number of aromatic amines is 2. The molecule has 0 fully saturated rings. The van der Waals surface area contributed by atoms with Crippen molar-refractivity contribution < 1.29 is 10.0 Å². The fourth-order valence-electron chi connectivity index (χ4n) is 5.13. The maximum atomic E-state index is 11.3. The lowest BCUT2D eigenvalue weighted by molar-refractivity contribution is -0.124. The number of carbonyl (C=O) groups excluding carboxylic acids is 1. The lowest BCUT2D eigenvalue weighted by atomic mass is 10.0. The fraction of sp³-hybridized carbons (Fsp3) is 0.250. The average molecular weight is 455 g/mol. The average Bonchev–Trinajstić information content (AvgIpc) is 3.58. The molecule has 1 atom stereocenters. The molecular weight excluding hydrogens is 424 g/mol. The molecule has 4 aromatic rings. The molecule has 174 valence electrons. The van der Waals surface area contributed by atoms with Crippen molar-refractivity contribution in [3.05, 3.63) is 101 Å². The summed E-state index contributed by atoms with van der Waals surface area (Å²) in [6.07, 6.45) is 10.3. The molecule has 1 aliphatic rings. The van der Waals surface area contributed by atoms with Gasteiger partial charge in [-0.1, -0.05) is 36.4 Å². The Morgan fingerprint density at radius 1 is 1.18 bits per heavy atom. The van der Waals surface area contributed by atoms with Crippen LogP contribution < -0.4 is 5.48 Å². The summed E-state index contributed by atoms with van der Waals surface area (Å²) in [6.45, 7) is 4.01. The van der Waals surface area contributed by atoms with Gasteiger partial charge in [-0.15, -0.1) is 0 Å². The third kappa shape index (κ3) is 4.55. The van der Waals surface area contributed by atoms with Gasteiger partial charge >= 0.3 is 0 Å². The van der Waals surface area contributed by atoms with Crippen LogP contribution in [0.3, 0.4) is 0 Å². The number of aromatic nitrogens is 2. The van der Waals surface area contributed by atoms with Crippen molar-refractivity contribution in [2.75, 3.05) is 6.54 Å². The monoisotopic (exact) mass is 454 g/mol. The van der Waals surface area contributed by atoms with Gasteiger partial charge in [-0.25, -0.2) is 5.48 Å². The van der Waals surface area contributed by atoms with Crippen molar-refractivity contribution in [1.29, 1.82) is 0 Å². The van der Waals surface area contributed by atoms with Crippen LogP contribution in [0.4, 0.5) is 0 Å². The first-order chi connectivity index (χ1) is 16.6. The molecule has 2 aromatic heterocycles. The first-order valence-corrected chi connectivity index (χ1v) is 11.8. The quantitative estimate of drug-likeness (QED) is 0.171. The third-order valence-electron chi connectivity index (χ3n) is 6.97. The zero-order chi connectivity index (χ0) is 23.5. The molecule has 2 aromatic carbocycles. The molecule has 1 aliphatic carbocycles. The third-order valence-corrected chi connectivity index (χ3v) is 6.97. The first-order valence-electron chi connectivity index (χ1n) is 11.8. The molecule has 0 bridgehead atoms. The molecule has 0 radical (unpaired) electrons. The minimum Gasteiger partial charge on any atom is -0.365 e. The van der Waals surface area contributed by atoms with Crippen LogP contribution in [0.15, 0.2) is 67.0 Å². The number of rotatable bonds is 8. The second kappa shape index (κ2) is 9.71. The van der Waals surface area contributed by atoms with Crippen LogP contribution in [-0.4, -0.2) is 32.5 Å². The molecule has 6 heteroatoms. The second-order valence-corrected chi connectivity index (χ2v) is 9.03. The van der Waals surface area contributed by atoms with Crippen LogP contribution in [0.2, 0.25) is 0 Å². The Hall–Kier alpha value is -3.61. The summed E-state index contributed by atoms with van der Waals surface area (Å²) in [5.74, 6) is -0.524. The number of hydroxylamine groups is 1. The number of hydrogen-bond donors (Lipinski definition) is 4. The van der Waals surface area contributed by atoms with Gasteiger partial charge in [0.05, 0.1) is 0 Å². The predicted octanol–water partition coefficient (Wildman–Crippen LogP) is 5.06. The lowest BCUT2D eigenvalue weighted by Crippen LogP contribution is -2.29. The van der Waals surface area contributed by atoms with Crippen molar-refractivity contribution in [2.24, 2.45) is 0 Å². The highest BCUT2D eigenvalue weighted by molar-refractivity contribution is 5.90. The zero-order valence-corrected chi connectivity index (χ0v) is 19.3. The van der Waals surface area contributed by atoms with Crippen LogP contribution in [0.1, 0.15) is 46.0 Å². The molecule has 2 heterocycles. The zero-order valence-electron chi connectivity index (χ0n) is 19.3. The standard InChI is InChI=1S/C28H30N4O2/c1-19-23(12-14-29-19)18-32(15-13-22-17-30-26-5-3-2-4-24(22)26)27-10-8-21-16-20(6-9-25(21)27)7-11-28(33)31-34/h2-7,9,11-12,14,16-17,27,29-30,34H,8,10,13,15,18H2,1H3,(H,31,33). The van der Waals surface area contributed by atoms with Crippen molar-refractivity contribution >= 4 is 22.9 Å². The summed E-state index contributed by atoms with van der Waals surface area (Å²) in [5, 5.41) is 10.0. The number of aryl methyl sites for hydroxylation is 2. The van der Waals surface area contributed by atoms with Gasteiger partial charge < -0.3 is 9.97 Å². The highest BCUT2D eigenvalue weighted by Gasteiger charge is 2.28. The number of hydrogen-bond acceptors (Lipinski definition) is 3. The Morgan fingerprint density at radius 3 is 2.88 bits per heavy atom. The Bertz CT molecular complexity index is 1330. The number of para-hydroxylation sites is 1. The van der Waals surface area contributed by atoms with Gasteiger partial charge in [-0.3, -0.25) is 14.9 Å². The summed E-state index contributed by atoms with van der Waals surface area (Å²) in [5.41, 5.74) is 10.4. The molecule has 5 rings (SSSR count). The van der Waals surface area contributed by atoms with Gasteiger partial charge in [0.15, 0.2) is 0 Å². The van der Waals surface area contributed by atoms with E-state index in [9.17, 15) is 4.79 Å². The van der Waals surface area contributed by atoms with E-state index >= 15 is 0 Å². The van der Waals surface area contributed by atoms with Gasteiger partial charge in [-0.2, -0.15) is 0 Å². The van der Waals surface area contributed by atoms with Gasteiger partial charge in [0.25, 0.3) is 5.91 Å². The number of H-pyrrole nitrogens is 2. The van der Waals surface area contributed by atoms with Crippen molar-refractivity contribution in [3.63, 3.8) is 0 Å². The normalized spacial score (nSPS) is 15.4. The van der Waals surface area contributed by atoms with Crippen molar-refractivity contribution in [1.82, 2.24) is 20.3 Å². The predicted molar refractivity (Wildman–Crippen MR) is 134 cm³/mol. The Kier molecular flexibility index (Phi) is 6.34. The van der Waals surface area contributed by atoms with Gasteiger partial charge in [0.1, 0.15) is 0 Å². The maximum absolute atomic E-state index is 11.3. The molecule has 34 heavy (non-hydrogen) atoms. The summed E-state index contributed by atoms with van der Waals surface area (Å²) in [7, 11) is 0. The van der Waals surface area contributed by atoms with E-state index < -0.39 is 5.91 Å². The SMILES string of the molecule is Cc1[nH]ccc1CN(CCc1c[nH]c2ccccc12)C1CCc2cc(C=CC(=O)NO)ccc21. The number of benzene rings is 2. The molecule has 6 nitrogen and oxygen atoms in total. The smallest absolute Gasteiger partial charge is 0.267 e. The van der Waals surface area contributed by atoms with Crippen molar-refractivity contribution in [2.45, 2.75) is 38.8 Å². The molecule has 1 amide bonds. The summed E-state index contributed by atoms with van der Waals surface area (Å²) < 4.78 is 0. The van der Waals surface area contributed by atoms with Crippen LogP contribution >= 0.6 is 0 Å². The number of carbonyl (C=O) groups is 1. The minimum absolute atomic E-state index is 0.355. The number of fused-ring (bicyclic) bond motifs is 2. The van der Waals surface area contributed by atoms with Gasteiger partial charge in [0, 0.05) is 54.2 Å². The Morgan fingerprint density at radius 2 is 2.06 bits per heavy atom. The largest absolute Gasteiger partial charge is 0.365 e. The Labute approximate surface area is 199 Å². The molecule has 1 unspecified atom stereocenters. The molecule has 0 saturated heterocycles. The number of amides is 1. The van der Waals surface area contributed by atoms with E-state index in [2.05, 4.69) is 76.5 Å². The van der Waals surface area contributed by atoms with E-state index in [-0.39, 0.29) is 0 Å². The summed E-state index contributed by atoms with van der Waals surface area (Å²) >= 11 is 0.